The van der Waals surface area contributed by atoms with Gasteiger partial charge >= 0.3 is 0 Å². The Morgan fingerprint density at radius 1 is 1.28 bits per heavy atom. The van der Waals surface area contributed by atoms with Crippen LogP contribution in [0.25, 0.3) is 5.82 Å². The van der Waals surface area contributed by atoms with E-state index in [1.54, 1.807) is 47.7 Å². The molecule has 0 saturated heterocycles. The lowest BCUT2D eigenvalue weighted by molar-refractivity contribution is 0.102. The Kier molecular flexibility index (Phi) is 5.14. The number of aromatic nitrogens is 3. The summed E-state index contributed by atoms with van der Waals surface area (Å²) in [6.07, 6.45) is 6.73. The van der Waals surface area contributed by atoms with Gasteiger partial charge in [0, 0.05) is 16.9 Å². The minimum atomic E-state index is -0.250. The van der Waals surface area contributed by atoms with Crippen molar-refractivity contribution in [3.8, 4) is 11.6 Å². The van der Waals surface area contributed by atoms with Crippen LogP contribution in [0.2, 0.25) is 0 Å². The van der Waals surface area contributed by atoms with Crippen LogP contribution in [0.4, 0.5) is 5.69 Å². The summed E-state index contributed by atoms with van der Waals surface area (Å²) in [5.41, 5.74) is 1.07. The molecular formula is C18H17BrN4O2. The van der Waals surface area contributed by atoms with Crippen molar-refractivity contribution >= 4 is 27.5 Å². The first-order chi connectivity index (χ1) is 12.0. The molecule has 2 aromatic heterocycles. The zero-order valence-electron chi connectivity index (χ0n) is 13.8. The molecule has 0 aliphatic rings. The van der Waals surface area contributed by atoms with Crippen LogP contribution in [0.15, 0.2) is 59.7 Å². The zero-order valence-corrected chi connectivity index (χ0v) is 15.4. The van der Waals surface area contributed by atoms with Gasteiger partial charge in [-0.3, -0.25) is 9.36 Å². The number of carbonyl (C=O) groups is 1. The Morgan fingerprint density at radius 3 is 2.76 bits per heavy atom. The number of imidazole rings is 1. The maximum atomic E-state index is 12.6. The highest BCUT2D eigenvalue weighted by atomic mass is 79.9. The molecule has 0 spiro atoms. The van der Waals surface area contributed by atoms with E-state index in [0.29, 0.717) is 17.0 Å². The van der Waals surface area contributed by atoms with Crippen LogP contribution < -0.4 is 10.1 Å². The van der Waals surface area contributed by atoms with E-state index in [2.05, 4.69) is 31.2 Å². The van der Waals surface area contributed by atoms with Gasteiger partial charge in [0.25, 0.3) is 5.91 Å². The smallest absolute Gasteiger partial charge is 0.259 e. The molecule has 0 aliphatic carbocycles. The molecule has 6 nitrogen and oxygen atoms in total. The summed E-state index contributed by atoms with van der Waals surface area (Å²) in [6, 6.07) is 8.93. The summed E-state index contributed by atoms with van der Waals surface area (Å²) in [5.74, 6) is 1.01. The Labute approximate surface area is 154 Å². The molecule has 7 heteroatoms. The summed E-state index contributed by atoms with van der Waals surface area (Å²) >= 11 is 3.40. The Hall–Kier alpha value is -2.67. The molecule has 1 amide bonds. The van der Waals surface area contributed by atoms with Gasteiger partial charge in [0.1, 0.15) is 17.9 Å². The number of nitrogens with zero attached hydrogens (tertiary/aromatic N) is 3. The van der Waals surface area contributed by atoms with Crippen LogP contribution in [0.1, 0.15) is 24.2 Å². The molecule has 0 radical (unpaired) electrons. The van der Waals surface area contributed by atoms with E-state index in [1.165, 1.54) is 0 Å². The summed E-state index contributed by atoms with van der Waals surface area (Å²) in [6.45, 7) is 3.84. The standard InChI is InChI=1S/C18H17BrN4O2/c1-12(2)25-16-9-13(19)3-5-15(16)18(24)22-14-4-6-17(21-10-14)23-8-7-20-11-23/h3-12H,1-2H3,(H,22,24). The highest BCUT2D eigenvalue weighted by molar-refractivity contribution is 9.10. The Morgan fingerprint density at radius 2 is 2.12 bits per heavy atom. The molecule has 0 atom stereocenters. The summed E-state index contributed by atoms with van der Waals surface area (Å²) in [4.78, 5) is 20.9. The third-order valence-electron chi connectivity index (χ3n) is 3.33. The third kappa shape index (κ3) is 4.24. The molecular weight excluding hydrogens is 384 g/mol. The molecule has 0 bridgehead atoms. The van der Waals surface area contributed by atoms with Gasteiger partial charge < -0.3 is 10.1 Å². The largest absolute Gasteiger partial charge is 0.490 e. The molecule has 128 valence electrons. The van der Waals surface area contributed by atoms with Gasteiger partial charge in [-0.1, -0.05) is 15.9 Å². The van der Waals surface area contributed by atoms with Crippen molar-refractivity contribution in [2.75, 3.05) is 5.32 Å². The number of halogens is 1. The highest BCUT2D eigenvalue weighted by Gasteiger charge is 2.15. The molecule has 3 rings (SSSR count). The van der Waals surface area contributed by atoms with Gasteiger partial charge in [-0.15, -0.1) is 0 Å². The predicted molar refractivity (Wildman–Crippen MR) is 99.2 cm³/mol. The van der Waals surface area contributed by atoms with E-state index in [9.17, 15) is 4.79 Å². The zero-order chi connectivity index (χ0) is 17.8. The lowest BCUT2D eigenvalue weighted by Gasteiger charge is -2.14. The van der Waals surface area contributed by atoms with Crippen molar-refractivity contribution in [1.82, 2.24) is 14.5 Å². The molecule has 2 heterocycles. The van der Waals surface area contributed by atoms with Gasteiger partial charge in [0.15, 0.2) is 0 Å². The van der Waals surface area contributed by atoms with Crippen molar-refractivity contribution in [3.63, 3.8) is 0 Å². The maximum absolute atomic E-state index is 12.6. The van der Waals surface area contributed by atoms with Crippen molar-refractivity contribution in [3.05, 3.63) is 65.3 Å². The number of ether oxygens (including phenoxy) is 1. The number of pyridine rings is 1. The Balaban J connectivity index is 1.78. The quantitative estimate of drug-likeness (QED) is 0.700. The van der Waals surface area contributed by atoms with E-state index in [0.717, 1.165) is 10.3 Å². The van der Waals surface area contributed by atoms with Crippen molar-refractivity contribution in [1.29, 1.82) is 0 Å². The number of carbonyl (C=O) groups excluding carboxylic acids is 1. The third-order valence-corrected chi connectivity index (χ3v) is 3.82. The monoisotopic (exact) mass is 400 g/mol. The molecule has 1 aromatic carbocycles. The summed E-state index contributed by atoms with van der Waals surface area (Å²) in [7, 11) is 0. The van der Waals surface area contributed by atoms with Crippen LogP contribution in [0.5, 0.6) is 5.75 Å². The van der Waals surface area contributed by atoms with Gasteiger partial charge in [-0.2, -0.15) is 0 Å². The lowest BCUT2D eigenvalue weighted by atomic mass is 10.2. The fourth-order valence-electron chi connectivity index (χ4n) is 2.24. The van der Waals surface area contributed by atoms with Crippen molar-refractivity contribution < 1.29 is 9.53 Å². The molecule has 0 unspecified atom stereocenters. The van der Waals surface area contributed by atoms with Gasteiger partial charge in [0.2, 0.25) is 0 Å². The second-order valence-corrected chi connectivity index (χ2v) is 6.55. The lowest BCUT2D eigenvalue weighted by Crippen LogP contribution is -2.16. The van der Waals surface area contributed by atoms with E-state index in [4.69, 9.17) is 4.74 Å². The van der Waals surface area contributed by atoms with Crippen LogP contribution in [-0.4, -0.2) is 26.5 Å². The first kappa shape index (κ1) is 17.2. The number of amides is 1. The first-order valence-electron chi connectivity index (χ1n) is 7.75. The van der Waals surface area contributed by atoms with Gasteiger partial charge in [0.05, 0.1) is 23.6 Å². The van der Waals surface area contributed by atoms with Crippen LogP contribution >= 0.6 is 15.9 Å². The van der Waals surface area contributed by atoms with Crippen LogP contribution in [0, 0.1) is 0 Å². The number of benzene rings is 1. The molecule has 25 heavy (non-hydrogen) atoms. The minimum absolute atomic E-state index is 0.0306. The first-order valence-corrected chi connectivity index (χ1v) is 8.54. The fourth-order valence-corrected chi connectivity index (χ4v) is 2.58. The fraction of sp³-hybridized carbons (Fsp3) is 0.167. The van der Waals surface area contributed by atoms with Crippen LogP contribution in [0.3, 0.4) is 0 Å². The molecule has 3 aromatic rings. The van der Waals surface area contributed by atoms with Crippen molar-refractivity contribution in [2.45, 2.75) is 20.0 Å². The van der Waals surface area contributed by atoms with E-state index in [-0.39, 0.29) is 12.0 Å². The topological polar surface area (TPSA) is 69.0 Å². The molecule has 0 aliphatic heterocycles. The van der Waals surface area contributed by atoms with Crippen molar-refractivity contribution in [2.24, 2.45) is 0 Å². The second kappa shape index (κ2) is 7.48. The SMILES string of the molecule is CC(C)Oc1cc(Br)ccc1C(=O)Nc1ccc(-n2ccnc2)nc1. The highest BCUT2D eigenvalue weighted by Crippen LogP contribution is 2.26. The average Bonchev–Trinajstić information content (AvgIpc) is 3.09. The predicted octanol–water partition coefficient (Wildman–Crippen LogP) is 4.07. The van der Waals surface area contributed by atoms with Crippen LogP contribution in [-0.2, 0) is 0 Å². The second-order valence-electron chi connectivity index (χ2n) is 5.64. The minimum Gasteiger partial charge on any atom is -0.490 e. The number of rotatable bonds is 5. The molecule has 1 N–H and O–H groups in total. The average molecular weight is 401 g/mol. The summed E-state index contributed by atoms with van der Waals surface area (Å²) in [5, 5.41) is 2.84. The Bertz CT molecular complexity index is 861. The number of hydrogen-bond donors (Lipinski definition) is 1. The van der Waals surface area contributed by atoms with Gasteiger partial charge in [-0.05, 0) is 44.2 Å². The summed E-state index contributed by atoms with van der Waals surface area (Å²) < 4.78 is 8.38. The van der Waals surface area contributed by atoms with E-state index in [1.807, 2.05) is 26.0 Å². The van der Waals surface area contributed by atoms with Gasteiger partial charge in [-0.25, -0.2) is 9.97 Å². The maximum Gasteiger partial charge on any atom is 0.259 e. The van der Waals surface area contributed by atoms with E-state index < -0.39 is 0 Å². The van der Waals surface area contributed by atoms with E-state index >= 15 is 0 Å². The molecule has 0 saturated carbocycles. The number of nitrogens with one attached hydrogen (secondary N) is 1. The molecule has 0 fully saturated rings. The number of hydrogen-bond acceptors (Lipinski definition) is 4. The number of anilines is 1. The normalized spacial score (nSPS) is 10.7.